The van der Waals surface area contributed by atoms with Gasteiger partial charge >= 0.3 is 0 Å². The summed E-state index contributed by atoms with van der Waals surface area (Å²) >= 11 is 0. The van der Waals surface area contributed by atoms with Crippen molar-refractivity contribution < 1.29 is 4.74 Å². The van der Waals surface area contributed by atoms with Gasteiger partial charge in [-0.2, -0.15) is 0 Å². The lowest BCUT2D eigenvalue weighted by Gasteiger charge is -2.43. The molecule has 1 atom stereocenters. The van der Waals surface area contributed by atoms with E-state index in [1.165, 1.54) is 38.5 Å². The Kier molecular flexibility index (Phi) is 4.90. The molecule has 0 spiro atoms. The Morgan fingerprint density at radius 3 is 2.43 bits per heavy atom. The summed E-state index contributed by atoms with van der Waals surface area (Å²) in [5, 5.41) is 3.56. The van der Waals surface area contributed by atoms with Crippen molar-refractivity contribution >= 4 is 0 Å². The first-order valence-corrected chi connectivity index (χ1v) is 6.05. The Bertz CT molecular complexity index is 143. The van der Waals surface area contributed by atoms with Gasteiger partial charge in [0.1, 0.15) is 0 Å². The number of methoxy groups -OCH3 is 1. The number of hydrogen-bond acceptors (Lipinski definition) is 2. The molecule has 0 heterocycles. The van der Waals surface area contributed by atoms with Gasteiger partial charge in [0.2, 0.25) is 0 Å². The minimum Gasteiger partial charge on any atom is -0.378 e. The first-order valence-electron chi connectivity index (χ1n) is 6.05. The monoisotopic (exact) mass is 199 g/mol. The van der Waals surface area contributed by atoms with Crippen molar-refractivity contribution in [3.8, 4) is 0 Å². The molecule has 1 aliphatic rings. The molecule has 14 heavy (non-hydrogen) atoms. The predicted octanol–water partition coefficient (Wildman–Crippen LogP) is 2.72. The molecule has 1 saturated carbocycles. The minimum absolute atomic E-state index is 0.224. The third kappa shape index (κ3) is 2.96. The van der Waals surface area contributed by atoms with Gasteiger partial charge in [0.15, 0.2) is 0 Å². The van der Waals surface area contributed by atoms with Crippen molar-refractivity contribution in [2.75, 3.05) is 13.7 Å². The van der Waals surface area contributed by atoms with Crippen LogP contribution in [0.5, 0.6) is 0 Å². The Balaban J connectivity index is 2.36. The zero-order valence-corrected chi connectivity index (χ0v) is 9.94. The van der Waals surface area contributed by atoms with Gasteiger partial charge < -0.3 is 10.1 Å². The summed E-state index contributed by atoms with van der Waals surface area (Å²) in [5.74, 6) is 0. The average molecular weight is 199 g/mol. The van der Waals surface area contributed by atoms with Gasteiger partial charge in [0.05, 0.1) is 5.60 Å². The van der Waals surface area contributed by atoms with E-state index in [4.69, 9.17) is 4.74 Å². The van der Waals surface area contributed by atoms with E-state index in [9.17, 15) is 0 Å². The first kappa shape index (κ1) is 12.0. The molecule has 84 valence electrons. The maximum Gasteiger partial charge on any atom is 0.0693 e. The van der Waals surface area contributed by atoms with E-state index in [1.54, 1.807) is 0 Å². The van der Waals surface area contributed by atoms with E-state index < -0.39 is 0 Å². The smallest absolute Gasteiger partial charge is 0.0693 e. The third-order valence-corrected chi connectivity index (χ3v) is 3.45. The maximum absolute atomic E-state index is 5.66. The van der Waals surface area contributed by atoms with E-state index >= 15 is 0 Å². The van der Waals surface area contributed by atoms with Crippen molar-refractivity contribution in [1.29, 1.82) is 0 Å². The molecule has 0 bridgehead atoms. The normalized spacial score (nSPS) is 21.6. The summed E-state index contributed by atoms with van der Waals surface area (Å²) in [6.07, 6.45) is 7.60. The van der Waals surface area contributed by atoms with Gasteiger partial charge in [0, 0.05) is 13.2 Å². The fraction of sp³-hybridized carbons (Fsp3) is 1.00. The quantitative estimate of drug-likeness (QED) is 0.680. The lowest BCUT2D eigenvalue weighted by molar-refractivity contribution is -0.0838. The molecule has 1 unspecified atom stereocenters. The second-order valence-electron chi connectivity index (χ2n) is 4.49. The topological polar surface area (TPSA) is 21.3 Å². The van der Waals surface area contributed by atoms with E-state index in [-0.39, 0.29) is 5.60 Å². The maximum atomic E-state index is 5.66. The fourth-order valence-electron chi connectivity index (χ4n) is 2.43. The average Bonchev–Trinajstić information content (AvgIpc) is 2.12. The molecule has 0 amide bonds. The van der Waals surface area contributed by atoms with Crippen LogP contribution in [0.4, 0.5) is 0 Å². The molecule has 0 radical (unpaired) electrons. The summed E-state index contributed by atoms with van der Waals surface area (Å²) in [6, 6.07) is 0.658. The Hall–Kier alpha value is -0.0800. The molecule has 1 N–H and O–H groups in total. The van der Waals surface area contributed by atoms with Gasteiger partial charge in [-0.3, -0.25) is 0 Å². The van der Waals surface area contributed by atoms with Crippen LogP contribution in [0.3, 0.4) is 0 Å². The lowest BCUT2D eigenvalue weighted by atomic mass is 9.75. The molecule has 1 fully saturated rings. The standard InChI is InChI=1S/C12H25NO/c1-4-7-11(13-5-2)10-12(14-3)8-6-9-12/h11,13H,4-10H2,1-3H3. The molecular formula is C12H25NO. The summed E-state index contributed by atoms with van der Waals surface area (Å²) in [4.78, 5) is 0. The van der Waals surface area contributed by atoms with E-state index in [1.807, 2.05) is 7.11 Å². The van der Waals surface area contributed by atoms with Gasteiger partial charge in [-0.15, -0.1) is 0 Å². The van der Waals surface area contributed by atoms with Crippen LogP contribution in [0.25, 0.3) is 0 Å². The molecule has 0 aliphatic heterocycles. The van der Waals surface area contributed by atoms with Crippen LogP contribution in [0.2, 0.25) is 0 Å². The third-order valence-electron chi connectivity index (χ3n) is 3.45. The molecule has 1 rings (SSSR count). The Morgan fingerprint density at radius 2 is 2.07 bits per heavy atom. The van der Waals surface area contributed by atoms with E-state index in [2.05, 4.69) is 19.2 Å². The number of ether oxygens (including phenoxy) is 1. The highest BCUT2D eigenvalue weighted by Crippen LogP contribution is 2.39. The summed E-state index contributed by atoms with van der Waals surface area (Å²) in [6.45, 7) is 5.51. The second-order valence-corrected chi connectivity index (χ2v) is 4.49. The molecule has 0 aromatic heterocycles. The number of nitrogens with one attached hydrogen (secondary N) is 1. The summed E-state index contributed by atoms with van der Waals surface area (Å²) in [5.41, 5.74) is 0.224. The van der Waals surface area contributed by atoms with Crippen molar-refractivity contribution in [3.63, 3.8) is 0 Å². The van der Waals surface area contributed by atoms with Gasteiger partial charge in [-0.05, 0) is 38.6 Å². The highest BCUT2D eigenvalue weighted by atomic mass is 16.5. The molecule has 0 aromatic carbocycles. The van der Waals surface area contributed by atoms with Gasteiger partial charge in [-0.1, -0.05) is 20.3 Å². The molecule has 0 aromatic rings. The van der Waals surface area contributed by atoms with Crippen LogP contribution in [0.15, 0.2) is 0 Å². The molecule has 1 aliphatic carbocycles. The highest BCUT2D eigenvalue weighted by Gasteiger charge is 2.38. The zero-order valence-electron chi connectivity index (χ0n) is 9.94. The number of rotatable bonds is 7. The van der Waals surface area contributed by atoms with Gasteiger partial charge in [0.25, 0.3) is 0 Å². The van der Waals surface area contributed by atoms with E-state index in [0.717, 1.165) is 6.54 Å². The molecule has 2 heteroatoms. The predicted molar refractivity (Wildman–Crippen MR) is 60.6 cm³/mol. The van der Waals surface area contributed by atoms with Crippen LogP contribution >= 0.6 is 0 Å². The zero-order chi connectivity index (χ0) is 10.4. The van der Waals surface area contributed by atoms with Crippen molar-refractivity contribution in [2.45, 2.75) is 64.0 Å². The van der Waals surface area contributed by atoms with Crippen LogP contribution < -0.4 is 5.32 Å². The number of hydrogen-bond donors (Lipinski definition) is 1. The van der Waals surface area contributed by atoms with Crippen molar-refractivity contribution in [3.05, 3.63) is 0 Å². The van der Waals surface area contributed by atoms with Crippen LogP contribution in [-0.2, 0) is 4.74 Å². The van der Waals surface area contributed by atoms with E-state index in [0.29, 0.717) is 6.04 Å². The molecular weight excluding hydrogens is 174 g/mol. The molecule has 0 saturated heterocycles. The Labute approximate surface area is 88.4 Å². The van der Waals surface area contributed by atoms with Crippen LogP contribution in [0.1, 0.15) is 52.4 Å². The largest absolute Gasteiger partial charge is 0.378 e. The van der Waals surface area contributed by atoms with Crippen LogP contribution in [-0.4, -0.2) is 25.3 Å². The highest BCUT2D eigenvalue weighted by molar-refractivity contribution is 4.92. The molecule has 2 nitrogen and oxygen atoms in total. The fourth-order valence-corrected chi connectivity index (χ4v) is 2.43. The lowest BCUT2D eigenvalue weighted by Crippen LogP contribution is -2.45. The minimum atomic E-state index is 0.224. The second kappa shape index (κ2) is 5.72. The SMILES string of the molecule is CCCC(CC1(OC)CCC1)NCC. The van der Waals surface area contributed by atoms with Crippen molar-refractivity contribution in [2.24, 2.45) is 0 Å². The van der Waals surface area contributed by atoms with Crippen molar-refractivity contribution in [1.82, 2.24) is 5.32 Å². The summed E-state index contributed by atoms with van der Waals surface area (Å²) < 4.78 is 5.66. The summed E-state index contributed by atoms with van der Waals surface area (Å²) in [7, 11) is 1.87. The van der Waals surface area contributed by atoms with Crippen LogP contribution in [0, 0.1) is 0 Å². The first-order chi connectivity index (χ1) is 6.76. The van der Waals surface area contributed by atoms with Gasteiger partial charge in [-0.25, -0.2) is 0 Å². The Morgan fingerprint density at radius 1 is 1.36 bits per heavy atom.